The molecule has 1 saturated heterocycles. The van der Waals surface area contributed by atoms with Gasteiger partial charge in [0, 0.05) is 19.1 Å². The Hall–Kier alpha value is -0.770. The first-order valence-electron chi connectivity index (χ1n) is 6.49. The molecule has 92 valence electrons. The fraction of sp³-hybridized carbons (Fsp3) is 0.917. The monoisotopic (exact) mass is 224 g/mol. The number of nitrogens with two attached hydrogens (primary N) is 1. The number of aliphatic imine (C=N–C) groups is 1. The molecule has 0 radical (unpaired) electrons. The molecule has 3 N–H and O–H groups in total. The van der Waals surface area contributed by atoms with Crippen LogP contribution in [-0.4, -0.2) is 43.6 Å². The summed E-state index contributed by atoms with van der Waals surface area (Å²) in [6.07, 6.45) is 6.43. The van der Waals surface area contributed by atoms with Crippen LogP contribution in [0.5, 0.6) is 0 Å². The van der Waals surface area contributed by atoms with Crippen molar-refractivity contribution in [3.05, 3.63) is 0 Å². The van der Waals surface area contributed by atoms with Crippen LogP contribution < -0.4 is 11.1 Å². The highest BCUT2D eigenvalue weighted by Crippen LogP contribution is 2.17. The zero-order chi connectivity index (χ0) is 11.4. The summed E-state index contributed by atoms with van der Waals surface area (Å²) in [5.74, 6) is 1.36. The smallest absolute Gasteiger partial charge is 0.188 e. The molecule has 0 spiro atoms. The second kappa shape index (κ2) is 5.53. The van der Waals surface area contributed by atoms with E-state index in [-0.39, 0.29) is 0 Å². The molecule has 0 amide bonds. The minimum atomic E-state index is 0.579. The zero-order valence-corrected chi connectivity index (χ0v) is 10.3. The van der Waals surface area contributed by atoms with Gasteiger partial charge in [0.1, 0.15) is 0 Å². The minimum absolute atomic E-state index is 0.579. The molecule has 1 unspecified atom stereocenters. The molecule has 1 saturated carbocycles. The van der Waals surface area contributed by atoms with Gasteiger partial charge in [-0.25, -0.2) is 0 Å². The maximum atomic E-state index is 5.89. The summed E-state index contributed by atoms with van der Waals surface area (Å²) < 4.78 is 0. The fourth-order valence-corrected chi connectivity index (χ4v) is 2.73. The zero-order valence-electron chi connectivity index (χ0n) is 10.3. The van der Waals surface area contributed by atoms with E-state index in [2.05, 4.69) is 22.3 Å². The van der Waals surface area contributed by atoms with E-state index in [9.17, 15) is 0 Å². The van der Waals surface area contributed by atoms with Gasteiger partial charge in [-0.15, -0.1) is 0 Å². The van der Waals surface area contributed by atoms with Gasteiger partial charge >= 0.3 is 0 Å². The Morgan fingerprint density at radius 1 is 1.38 bits per heavy atom. The normalized spacial score (nSPS) is 28.8. The number of hydrogen-bond acceptors (Lipinski definition) is 2. The van der Waals surface area contributed by atoms with Crippen LogP contribution in [-0.2, 0) is 0 Å². The van der Waals surface area contributed by atoms with Crippen molar-refractivity contribution >= 4 is 5.96 Å². The van der Waals surface area contributed by atoms with E-state index < -0.39 is 0 Å². The van der Waals surface area contributed by atoms with Crippen LogP contribution in [0, 0.1) is 5.92 Å². The molecule has 0 aromatic carbocycles. The molecule has 4 nitrogen and oxygen atoms in total. The Kier molecular flexibility index (Phi) is 4.04. The second-order valence-corrected chi connectivity index (χ2v) is 5.27. The van der Waals surface area contributed by atoms with Crippen LogP contribution in [0.2, 0.25) is 0 Å². The van der Waals surface area contributed by atoms with Gasteiger partial charge in [-0.05, 0) is 38.8 Å². The number of guanidine groups is 1. The third-order valence-electron chi connectivity index (χ3n) is 3.72. The predicted octanol–water partition coefficient (Wildman–Crippen LogP) is 0.785. The number of nitrogens with one attached hydrogen (secondary N) is 1. The lowest BCUT2D eigenvalue weighted by atomic mass is 10.1. The minimum Gasteiger partial charge on any atom is -0.370 e. The quantitative estimate of drug-likeness (QED) is 0.550. The highest BCUT2D eigenvalue weighted by Gasteiger charge is 2.19. The van der Waals surface area contributed by atoms with Gasteiger partial charge in [-0.3, -0.25) is 4.99 Å². The summed E-state index contributed by atoms with van der Waals surface area (Å²) in [5, 5.41) is 3.33. The lowest BCUT2D eigenvalue weighted by molar-refractivity contribution is 0.397. The fourth-order valence-electron chi connectivity index (χ4n) is 2.73. The molecular weight excluding hydrogens is 200 g/mol. The highest BCUT2D eigenvalue weighted by molar-refractivity contribution is 5.78. The average Bonchev–Trinajstić information content (AvgIpc) is 2.87. The van der Waals surface area contributed by atoms with Gasteiger partial charge in [-0.1, -0.05) is 12.8 Å². The van der Waals surface area contributed by atoms with Gasteiger partial charge in [-0.2, -0.15) is 0 Å². The van der Waals surface area contributed by atoms with E-state index in [4.69, 9.17) is 5.73 Å². The van der Waals surface area contributed by atoms with Crippen molar-refractivity contribution in [1.82, 2.24) is 10.2 Å². The van der Waals surface area contributed by atoms with Crippen LogP contribution in [0.25, 0.3) is 0 Å². The van der Waals surface area contributed by atoms with Gasteiger partial charge in [0.15, 0.2) is 5.96 Å². The van der Waals surface area contributed by atoms with Crippen molar-refractivity contribution in [2.45, 2.75) is 38.1 Å². The summed E-state index contributed by atoms with van der Waals surface area (Å²) in [5.41, 5.74) is 5.89. The van der Waals surface area contributed by atoms with E-state index in [0.717, 1.165) is 6.54 Å². The van der Waals surface area contributed by atoms with E-state index in [1.165, 1.54) is 45.2 Å². The van der Waals surface area contributed by atoms with Crippen molar-refractivity contribution in [2.75, 3.05) is 26.7 Å². The molecular formula is C12H24N4. The first kappa shape index (κ1) is 11.7. The topological polar surface area (TPSA) is 53.6 Å². The molecule has 2 fully saturated rings. The highest BCUT2D eigenvalue weighted by atomic mass is 15.1. The standard InChI is InChI=1S/C12H24N4/c1-16-7-6-10(9-16)8-14-12(13)15-11-4-2-3-5-11/h10-11H,2-9H2,1H3,(H3,13,14,15). The lowest BCUT2D eigenvalue weighted by Gasteiger charge is -2.13. The molecule has 0 aromatic rings. The Labute approximate surface area is 98.3 Å². The summed E-state index contributed by atoms with van der Waals surface area (Å²) in [7, 11) is 2.17. The number of rotatable bonds is 3. The Morgan fingerprint density at radius 2 is 2.12 bits per heavy atom. The largest absolute Gasteiger partial charge is 0.370 e. The van der Waals surface area contributed by atoms with Gasteiger partial charge in [0.25, 0.3) is 0 Å². The van der Waals surface area contributed by atoms with Crippen molar-refractivity contribution < 1.29 is 0 Å². The molecule has 16 heavy (non-hydrogen) atoms. The van der Waals surface area contributed by atoms with Crippen LogP contribution in [0.4, 0.5) is 0 Å². The molecule has 2 rings (SSSR count). The summed E-state index contributed by atoms with van der Waals surface area (Å²) in [4.78, 5) is 6.82. The Balaban J connectivity index is 1.69. The summed E-state index contributed by atoms with van der Waals surface area (Å²) >= 11 is 0. The summed E-state index contributed by atoms with van der Waals surface area (Å²) in [6, 6.07) is 0.579. The van der Waals surface area contributed by atoms with Crippen molar-refractivity contribution in [1.29, 1.82) is 0 Å². The van der Waals surface area contributed by atoms with E-state index in [0.29, 0.717) is 17.9 Å². The molecule has 0 bridgehead atoms. The van der Waals surface area contributed by atoms with Crippen molar-refractivity contribution in [3.8, 4) is 0 Å². The molecule has 4 heteroatoms. The third kappa shape index (κ3) is 3.37. The SMILES string of the molecule is CN1CCC(CN=C(N)NC2CCCC2)C1. The van der Waals surface area contributed by atoms with Crippen LogP contribution >= 0.6 is 0 Å². The van der Waals surface area contributed by atoms with Gasteiger partial charge in [0.05, 0.1) is 0 Å². The molecule has 1 atom stereocenters. The van der Waals surface area contributed by atoms with Gasteiger partial charge in [0.2, 0.25) is 0 Å². The van der Waals surface area contributed by atoms with Crippen LogP contribution in [0.3, 0.4) is 0 Å². The molecule has 1 heterocycles. The van der Waals surface area contributed by atoms with Crippen LogP contribution in [0.1, 0.15) is 32.1 Å². The van der Waals surface area contributed by atoms with Crippen molar-refractivity contribution in [3.63, 3.8) is 0 Å². The Bertz CT molecular complexity index is 245. The number of nitrogens with zero attached hydrogens (tertiary/aromatic N) is 2. The van der Waals surface area contributed by atoms with E-state index in [1.807, 2.05) is 0 Å². The van der Waals surface area contributed by atoms with E-state index >= 15 is 0 Å². The predicted molar refractivity (Wildman–Crippen MR) is 67.5 cm³/mol. The third-order valence-corrected chi connectivity index (χ3v) is 3.72. The van der Waals surface area contributed by atoms with Gasteiger partial charge < -0.3 is 16.0 Å². The molecule has 2 aliphatic rings. The summed E-state index contributed by atoms with van der Waals surface area (Å²) in [6.45, 7) is 3.26. The van der Waals surface area contributed by atoms with Crippen molar-refractivity contribution in [2.24, 2.45) is 16.6 Å². The molecule has 0 aromatic heterocycles. The number of hydrogen-bond donors (Lipinski definition) is 2. The maximum absolute atomic E-state index is 5.89. The maximum Gasteiger partial charge on any atom is 0.188 e. The number of likely N-dealkylation sites (tertiary alicyclic amines) is 1. The van der Waals surface area contributed by atoms with Crippen LogP contribution in [0.15, 0.2) is 4.99 Å². The van der Waals surface area contributed by atoms with E-state index in [1.54, 1.807) is 0 Å². The first-order valence-corrected chi connectivity index (χ1v) is 6.49. The molecule has 1 aliphatic heterocycles. The lowest BCUT2D eigenvalue weighted by Crippen LogP contribution is -2.38. The molecule has 1 aliphatic carbocycles. The average molecular weight is 224 g/mol. The second-order valence-electron chi connectivity index (χ2n) is 5.27. The first-order chi connectivity index (χ1) is 7.74. The Morgan fingerprint density at radius 3 is 2.75 bits per heavy atom.